The van der Waals surface area contributed by atoms with Crippen LogP contribution in [0.25, 0.3) is 0 Å². The fourth-order valence-electron chi connectivity index (χ4n) is 3.33. The number of nitrogens with zero attached hydrogens (tertiary/aromatic N) is 3. The first-order valence-electron chi connectivity index (χ1n) is 8.14. The van der Waals surface area contributed by atoms with Gasteiger partial charge in [-0.05, 0) is 18.9 Å². The van der Waals surface area contributed by atoms with Crippen LogP contribution in [0.3, 0.4) is 0 Å². The summed E-state index contributed by atoms with van der Waals surface area (Å²) in [6.45, 7) is 4.89. The molecule has 1 aromatic heterocycles. The Labute approximate surface area is 150 Å². The summed E-state index contributed by atoms with van der Waals surface area (Å²) in [5, 5.41) is 20.9. The minimum atomic E-state index is -3.47. The van der Waals surface area contributed by atoms with Crippen molar-refractivity contribution in [2.24, 2.45) is 5.92 Å². The number of fused-ring (bicyclic) bond motifs is 1. The number of nitriles is 1. The van der Waals surface area contributed by atoms with E-state index < -0.39 is 36.8 Å². The average molecular weight is 384 g/mol. The van der Waals surface area contributed by atoms with Crippen molar-refractivity contribution in [2.75, 3.05) is 18.5 Å². The van der Waals surface area contributed by atoms with Gasteiger partial charge in [0.05, 0.1) is 12.8 Å². The standard InChI is InChI=1S/C15H21N4O6P/c1-9(2)7-26(22)23-6-10-12(25-26)14(3,21)15(8-16,24-10)19-5-4-11(17)18-13(19)20/h4-5,9-10,12,21H,6-7H2,1-3H3,(H2,17,18,20)/t10-,12-,14-,15-,26?/m1/s1. The van der Waals surface area contributed by atoms with Crippen LogP contribution in [0.15, 0.2) is 17.1 Å². The van der Waals surface area contributed by atoms with Crippen LogP contribution < -0.4 is 11.4 Å². The van der Waals surface area contributed by atoms with Crippen molar-refractivity contribution < 1.29 is 23.5 Å². The summed E-state index contributed by atoms with van der Waals surface area (Å²) in [5.41, 5.74) is 0.497. The molecule has 0 amide bonds. The van der Waals surface area contributed by atoms with Crippen LogP contribution in [-0.2, 0) is 24.1 Å². The van der Waals surface area contributed by atoms with Gasteiger partial charge in [0.2, 0.25) is 0 Å². The number of rotatable bonds is 3. The monoisotopic (exact) mass is 384 g/mol. The Morgan fingerprint density at radius 3 is 2.88 bits per heavy atom. The first-order chi connectivity index (χ1) is 12.0. The second-order valence-corrected chi connectivity index (χ2v) is 9.13. The van der Waals surface area contributed by atoms with Gasteiger partial charge in [0.25, 0.3) is 5.72 Å². The van der Waals surface area contributed by atoms with Gasteiger partial charge >= 0.3 is 13.3 Å². The Bertz CT molecular complexity index is 862. The van der Waals surface area contributed by atoms with Crippen LogP contribution in [0, 0.1) is 17.2 Å². The molecule has 1 unspecified atom stereocenters. The van der Waals surface area contributed by atoms with Crippen molar-refractivity contribution in [1.29, 1.82) is 5.26 Å². The van der Waals surface area contributed by atoms with Crippen LogP contribution in [0.5, 0.6) is 0 Å². The van der Waals surface area contributed by atoms with Crippen molar-refractivity contribution in [2.45, 2.75) is 44.3 Å². The molecule has 3 rings (SSSR count). The number of ether oxygens (including phenoxy) is 1. The molecule has 0 saturated carbocycles. The third-order valence-electron chi connectivity index (χ3n) is 4.51. The minimum Gasteiger partial charge on any atom is -0.383 e. The van der Waals surface area contributed by atoms with E-state index in [1.54, 1.807) is 0 Å². The number of nitrogens with two attached hydrogens (primary N) is 1. The molecule has 2 saturated heterocycles. The van der Waals surface area contributed by atoms with Gasteiger partial charge in [-0.1, -0.05) is 13.8 Å². The van der Waals surface area contributed by atoms with Gasteiger partial charge in [-0.25, -0.2) is 4.79 Å². The SMILES string of the molecule is CC(C)CP1(=O)OC[C@H]2O[C@@](C#N)(n3ccc(N)nc3=O)[C@](C)(O)[C@@H]2O1. The van der Waals surface area contributed by atoms with Gasteiger partial charge in [0.15, 0.2) is 5.60 Å². The van der Waals surface area contributed by atoms with E-state index in [1.165, 1.54) is 19.2 Å². The van der Waals surface area contributed by atoms with E-state index in [4.69, 9.17) is 19.5 Å². The highest BCUT2D eigenvalue weighted by atomic mass is 31.2. The molecule has 0 aliphatic carbocycles. The largest absolute Gasteiger partial charge is 0.383 e. The second-order valence-electron chi connectivity index (χ2n) is 7.07. The Kier molecular flexibility index (Phi) is 4.50. The predicted molar refractivity (Wildman–Crippen MR) is 90.1 cm³/mol. The molecule has 5 atom stereocenters. The molecule has 11 heteroatoms. The topological polar surface area (TPSA) is 150 Å². The third kappa shape index (κ3) is 2.76. The summed E-state index contributed by atoms with van der Waals surface area (Å²) in [6, 6.07) is 3.16. The molecule has 142 valence electrons. The van der Waals surface area contributed by atoms with Crippen molar-refractivity contribution in [1.82, 2.24) is 9.55 Å². The highest BCUT2D eigenvalue weighted by Crippen LogP contribution is 2.59. The molecule has 26 heavy (non-hydrogen) atoms. The van der Waals surface area contributed by atoms with Crippen LogP contribution >= 0.6 is 7.60 Å². The first-order valence-corrected chi connectivity index (χ1v) is 9.86. The Morgan fingerprint density at radius 2 is 2.31 bits per heavy atom. The molecule has 0 radical (unpaired) electrons. The molecule has 0 aromatic carbocycles. The fraction of sp³-hybridized carbons (Fsp3) is 0.667. The van der Waals surface area contributed by atoms with Gasteiger partial charge in [-0.2, -0.15) is 10.2 Å². The number of anilines is 1. The zero-order valence-electron chi connectivity index (χ0n) is 14.7. The van der Waals surface area contributed by atoms with Crippen molar-refractivity contribution in [3.8, 4) is 6.07 Å². The summed E-state index contributed by atoms with van der Waals surface area (Å²) in [6.07, 6.45) is -0.628. The van der Waals surface area contributed by atoms with Crippen LogP contribution in [0.4, 0.5) is 5.82 Å². The molecule has 3 N–H and O–H groups in total. The third-order valence-corrected chi connectivity index (χ3v) is 6.78. The molecule has 0 spiro atoms. The molecular formula is C15H21N4O6P. The quantitative estimate of drug-likeness (QED) is 0.707. The zero-order valence-corrected chi connectivity index (χ0v) is 15.6. The van der Waals surface area contributed by atoms with Crippen molar-refractivity contribution >= 4 is 13.4 Å². The summed E-state index contributed by atoms with van der Waals surface area (Å²) in [4.78, 5) is 15.8. The lowest BCUT2D eigenvalue weighted by Crippen LogP contribution is -2.58. The maximum Gasteiger partial charge on any atom is 0.352 e. The number of nitrogen functional groups attached to an aromatic ring is 1. The van der Waals surface area contributed by atoms with E-state index in [0.717, 1.165) is 4.57 Å². The van der Waals surface area contributed by atoms with Gasteiger partial charge < -0.3 is 20.1 Å². The Morgan fingerprint density at radius 1 is 1.62 bits per heavy atom. The highest BCUT2D eigenvalue weighted by Gasteiger charge is 2.68. The molecule has 10 nitrogen and oxygen atoms in total. The van der Waals surface area contributed by atoms with E-state index in [-0.39, 0.29) is 24.5 Å². The molecule has 3 heterocycles. The van der Waals surface area contributed by atoms with Crippen LogP contribution in [0.2, 0.25) is 0 Å². The van der Waals surface area contributed by atoms with Gasteiger partial charge in [0.1, 0.15) is 24.1 Å². The Hall–Kier alpha value is -1.76. The van der Waals surface area contributed by atoms with E-state index in [2.05, 4.69) is 4.98 Å². The zero-order chi connectivity index (χ0) is 19.3. The van der Waals surface area contributed by atoms with Gasteiger partial charge in [-0.15, -0.1) is 0 Å². The minimum absolute atomic E-state index is 0.0320. The van der Waals surface area contributed by atoms with Crippen LogP contribution in [-0.4, -0.2) is 45.2 Å². The number of aliphatic hydroxyl groups is 1. The van der Waals surface area contributed by atoms with E-state index >= 15 is 0 Å². The van der Waals surface area contributed by atoms with Gasteiger partial charge in [0, 0.05) is 6.20 Å². The number of hydrogen-bond acceptors (Lipinski definition) is 9. The first kappa shape index (κ1) is 19.0. The lowest BCUT2D eigenvalue weighted by molar-refractivity contribution is -0.147. The van der Waals surface area contributed by atoms with E-state index in [1.807, 2.05) is 19.9 Å². The maximum absolute atomic E-state index is 12.8. The Balaban J connectivity index is 2.05. The summed E-state index contributed by atoms with van der Waals surface area (Å²) < 4.78 is 30.4. The van der Waals surface area contributed by atoms with Crippen LogP contribution in [0.1, 0.15) is 20.8 Å². The lowest BCUT2D eigenvalue weighted by atomic mass is 9.88. The summed E-state index contributed by atoms with van der Waals surface area (Å²) >= 11 is 0. The molecule has 2 aliphatic rings. The number of hydrogen-bond donors (Lipinski definition) is 2. The lowest BCUT2D eigenvalue weighted by Gasteiger charge is -2.38. The second kappa shape index (κ2) is 6.15. The normalized spacial score (nSPS) is 39.5. The van der Waals surface area contributed by atoms with Crippen molar-refractivity contribution in [3.05, 3.63) is 22.7 Å². The molecule has 1 aromatic rings. The summed E-state index contributed by atoms with van der Waals surface area (Å²) in [7, 11) is -3.47. The molecule has 2 aliphatic heterocycles. The smallest absolute Gasteiger partial charge is 0.352 e. The fourth-order valence-corrected chi connectivity index (χ4v) is 5.54. The molecular weight excluding hydrogens is 363 g/mol. The highest BCUT2D eigenvalue weighted by molar-refractivity contribution is 7.53. The number of aromatic nitrogens is 2. The van der Waals surface area contributed by atoms with Gasteiger partial charge in [-0.3, -0.25) is 13.7 Å². The maximum atomic E-state index is 12.8. The molecule has 2 fully saturated rings. The van der Waals surface area contributed by atoms with E-state index in [0.29, 0.717) is 0 Å². The summed E-state index contributed by atoms with van der Waals surface area (Å²) in [5.74, 6) is 0.00436. The predicted octanol–water partition coefficient (Wildman–Crippen LogP) is 0.416. The van der Waals surface area contributed by atoms with Crippen molar-refractivity contribution in [3.63, 3.8) is 0 Å². The van der Waals surface area contributed by atoms with E-state index in [9.17, 15) is 19.7 Å². The molecule has 0 bridgehead atoms. The average Bonchev–Trinajstić information content (AvgIpc) is 2.74.